The highest BCUT2D eigenvalue weighted by Gasteiger charge is 2.32. The normalized spacial score (nSPS) is 23.4. The van der Waals surface area contributed by atoms with E-state index in [1.54, 1.807) is 11.0 Å². The minimum atomic E-state index is -3.02. The van der Waals surface area contributed by atoms with E-state index in [4.69, 9.17) is 0 Å². The number of hydrogen-bond acceptors (Lipinski definition) is 4. The van der Waals surface area contributed by atoms with Crippen LogP contribution in [0.4, 0.5) is 4.39 Å². The molecule has 3 rings (SSSR count). The fourth-order valence-electron chi connectivity index (χ4n) is 3.38. The first-order valence-electron chi connectivity index (χ1n) is 8.40. The largest absolute Gasteiger partial charge is 0.352 e. The minimum Gasteiger partial charge on any atom is -0.352 e. The fourth-order valence-corrected chi connectivity index (χ4v) is 5.05. The van der Waals surface area contributed by atoms with E-state index < -0.39 is 15.7 Å². The van der Waals surface area contributed by atoms with Crippen LogP contribution in [-0.2, 0) is 14.6 Å². The Morgan fingerprint density at radius 1 is 1.16 bits per heavy atom. The van der Waals surface area contributed by atoms with E-state index >= 15 is 0 Å². The molecule has 0 aromatic heterocycles. The van der Waals surface area contributed by atoms with Gasteiger partial charge in [0.25, 0.3) is 5.91 Å². The second-order valence-corrected chi connectivity index (χ2v) is 8.91. The number of carbonyl (C=O) groups excluding carboxylic acids is 2. The number of rotatable bonds is 3. The number of nitrogens with one attached hydrogen (secondary N) is 1. The van der Waals surface area contributed by atoms with E-state index in [-0.39, 0.29) is 35.3 Å². The van der Waals surface area contributed by atoms with E-state index in [9.17, 15) is 22.4 Å². The third-order valence-electron chi connectivity index (χ3n) is 4.80. The highest BCUT2D eigenvalue weighted by Crippen LogP contribution is 2.21. The predicted octanol–water partition coefficient (Wildman–Crippen LogP) is 0.981. The number of carbonyl (C=O) groups is 2. The Kier molecular flexibility index (Phi) is 5.08. The number of sulfone groups is 1. The van der Waals surface area contributed by atoms with E-state index in [0.29, 0.717) is 37.9 Å². The van der Waals surface area contributed by atoms with Crippen molar-refractivity contribution >= 4 is 21.7 Å². The molecule has 1 atom stereocenters. The molecule has 2 aliphatic heterocycles. The van der Waals surface area contributed by atoms with Gasteiger partial charge in [-0.2, -0.15) is 0 Å². The molecule has 1 unspecified atom stereocenters. The summed E-state index contributed by atoms with van der Waals surface area (Å²) in [6.45, 7) is 0.854. The highest BCUT2D eigenvalue weighted by molar-refractivity contribution is 7.91. The second kappa shape index (κ2) is 7.11. The molecule has 2 saturated heterocycles. The van der Waals surface area contributed by atoms with Gasteiger partial charge in [0.2, 0.25) is 5.91 Å². The maximum atomic E-state index is 13.2. The van der Waals surface area contributed by atoms with Crippen LogP contribution in [0.2, 0.25) is 0 Å². The standard InChI is InChI=1S/C17H21FN2O4S/c18-14-3-1-2-13(10-14)17(22)20-7-4-12(5-8-20)16(21)19-15-6-9-25(23,24)11-15/h1-3,10,12,15H,4-9,11H2,(H,19,21). The number of benzene rings is 1. The molecule has 0 radical (unpaired) electrons. The number of amides is 2. The zero-order valence-corrected chi connectivity index (χ0v) is 14.6. The van der Waals surface area contributed by atoms with Crippen molar-refractivity contribution in [1.82, 2.24) is 10.2 Å². The molecule has 1 aromatic carbocycles. The van der Waals surface area contributed by atoms with Gasteiger partial charge in [-0.05, 0) is 37.5 Å². The molecule has 0 bridgehead atoms. The van der Waals surface area contributed by atoms with Gasteiger partial charge in [-0.3, -0.25) is 9.59 Å². The van der Waals surface area contributed by atoms with Gasteiger partial charge < -0.3 is 10.2 Å². The molecule has 8 heteroatoms. The van der Waals surface area contributed by atoms with Crippen molar-refractivity contribution in [2.75, 3.05) is 24.6 Å². The smallest absolute Gasteiger partial charge is 0.253 e. The zero-order chi connectivity index (χ0) is 18.0. The number of hydrogen-bond donors (Lipinski definition) is 1. The monoisotopic (exact) mass is 368 g/mol. The Morgan fingerprint density at radius 3 is 2.48 bits per heavy atom. The van der Waals surface area contributed by atoms with Gasteiger partial charge in [0, 0.05) is 30.6 Å². The number of piperidine rings is 1. The van der Waals surface area contributed by atoms with E-state index in [2.05, 4.69) is 5.32 Å². The van der Waals surface area contributed by atoms with Crippen LogP contribution >= 0.6 is 0 Å². The zero-order valence-electron chi connectivity index (χ0n) is 13.8. The molecule has 2 fully saturated rings. The lowest BCUT2D eigenvalue weighted by atomic mass is 9.95. The molecule has 0 aliphatic carbocycles. The first kappa shape index (κ1) is 17.8. The maximum absolute atomic E-state index is 13.2. The number of halogens is 1. The van der Waals surface area contributed by atoms with Gasteiger partial charge >= 0.3 is 0 Å². The Morgan fingerprint density at radius 2 is 1.88 bits per heavy atom. The fraction of sp³-hybridized carbons (Fsp3) is 0.529. The molecule has 0 spiro atoms. The third kappa shape index (κ3) is 4.36. The van der Waals surface area contributed by atoms with Crippen molar-refractivity contribution in [2.24, 2.45) is 5.92 Å². The van der Waals surface area contributed by atoms with E-state index in [1.165, 1.54) is 18.2 Å². The van der Waals surface area contributed by atoms with Crippen LogP contribution in [0.25, 0.3) is 0 Å². The summed E-state index contributed by atoms with van der Waals surface area (Å²) in [5, 5.41) is 2.82. The Balaban J connectivity index is 1.51. The van der Waals surface area contributed by atoms with Crippen molar-refractivity contribution < 1.29 is 22.4 Å². The molecule has 0 saturated carbocycles. The van der Waals surface area contributed by atoms with Gasteiger partial charge in [-0.1, -0.05) is 6.07 Å². The van der Waals surface area contributed by atoms with Gasteiger partial charge in [0.1, 0.15) is 5.82 Å². The van der Waals surface area contributed by atoms with E-state index in [1.807, 2.05) is 0 Å². The lowest BCUT2D eigenvalue weighted by Gasteiger charge is -2.32. The summed E-state index contributed by atoms with van der Waals surface area (Å²) in [6.07, 6.45) is 1.50. The molecule has 2 amide bonds. The van der Waals surface area contributed by atoms with Gasteiger partial charge in [-0.25, -0.2) is 12.8 Å². The van der Waals surface area contributed by atoms with Gasteiger partial charge in [0.15, 0.2) is 9.84 Å². The van der Waals surface area contributed by atoms with Crippen LogP contribution in [0.5, 0.6) is 0 Å². The second-order valence-electron chi connectivity index (χ2n) is 6.69. The van der Waals surface area contributed by atoms with Crippen LogP contribution in [0.15, 0.2) is 24.3 Å². The molecular formula is C17H21FN2O4S. The number of likely N-dealkylation sites (tertiary alicyclic amines) is 1. The third-order valence-corrected chi connectivity index (χ3v) is 6.57. The molecule has 1 N–H and O–H groups in total. The van der Waals surface area contributed by atoms with Crippen LogP contribution in [-0.4, -0.2) is 55.8 Å². The first-order chi connectivity index (χ1) is 11.8. The van der Waals surface area contributed by atoms with Crippen LogP contribution < -0.4 is 5.32 Å². The summed E-state index contributed by atoms with van der Waals surface area (Å²) in [5.74, 6) is -0.916. The van der Waals surface area contributed by atoms with Crippen LogP contribution in [0, 0.1) is 11.7 Å². The Labute approximate surface area is 146 Å². The summed E-state index contributed by atoms with van der Waals surface area (Å²) in [4.78, 5) is 26.3. The predicted molar refractivity (Wildman–Crippen MR) is 90.2 cm³/mol. The summed E-state index contributed by atoms with van der Waals surface area (Å²) in [7, 11) is -3.02. The molecule has 136 valence electrons. The van der Waals surface area contributed by atoms with Gasteiger partial charge in [0.05, 0.1) is 11.5 Å². The van der Waals surface area contributed by atoms with Crippen LogP contribution in [0.3, 0.4) is 0 Å². The average molecular weight is 368 g/mol. The topological polar surface area (TPSA) is 83.6 Å². The lowest BCUT2D eigenvalue weighted by molar-refractivity contribution is -0.126. The average Bonchev–Trinajstić information content (AvgIpc) is 2.93. The summed E-state index contributed by atoms with van der Waals surface area (Å²) in [6, 6.07) is 5.27. The van der Waals surface area contributed by atoms with Crippen molar-refractivity contribution in [1.29, 1.82) is 0 Å². The minimum absolute atomic E-state index is 0.00957. The molecule has 2 heterocycles. The molecular weight excluding hydrogens is 347 g/mol. The molecule has 25 heavy (non-hydrogen) atoms. The quantitative estimate of drug-likeness (QED) is 0.862. The summed E-state index contributed by atoms with van der Waals surface area (Å²) in [5.41, 5.74) is 0.305. The SMILES string of the molecule is O=C(NC1CCS(=O)(=O)C1)C1CCN(C(=O)c2cccc(F)c2)CC1. The first-order valence-corrected chi connectivity index (χ1v) is 10.2. The van der Waals surface area contributed by atoms with Crippen molar-refractivity contribution in [3.05, 3.63) is 35.6 Å². The van der Waals surface area contributed by atoms with Crippen molar-refractivity contribution in [2.45, 2.75) is 25.3 Å². The van der Waals surface area contributed by atoms with Crippen LogP contribution in [0.1, 0.15) is 29.6 Å². The summed E-state index contributed by atoms with van der Waals surface area (Å²) < 4.78 is 36.2. The molecule has 1 aromatic rings. The van der Waals surface area contributed by atoms with Crippen molar-refractivity contribution in [3.8, 4) is 0 Å². The Hall–Kier alpha value is -1.96. The number of nitrogens with zero attached hydrogens (tertiary/aromatic N) is 1. The van der Waals surface area contributed by atoms with Gasteiger partial charge in [-0.15, -0.1) is 0 Å². The Bertz CT molecular complexity index is 773. The van der Waals surface area contributed by atoms with Crippen molar-refractivity contribution in [3.63, 3.8) is 0 Å². The molecule has 6 nitrogen and oxygen atoms in total. The van der Waals surface area contributed by atoms with E-state index in [0.717, 1.165) is 0 Å². The summed E-state index contributed by atoms with van der Waals surface area (Å²) >= 11 is 0. The highest BCUT2D eigenvalue weighted by atomic mass is 32.2. The lowest BCUT2D eigenvalue weighted by Crippen LogP contribution is -2.45. The maximum Gasteiger partial charge on any atom is 0.253 e. The molecule has 2 aliphatic rings.